The van der Waals surface area contributed by atoms with E-state index in [0.29, 0.717) is 18.8 Å². The highest BCUT2D eigenvalue weighted by Gasteiger charge is 2.46. The Morgan fingerprint density at radius 3 is 3.04 bits per heavy atom. The van der Waals surface area contributed by atoms with Crippen molar-refractivity contribution in [1.29, 1.82) is 0 Å². The van der Waals surface area contributed by atoms with E-state index >= 15 is 0 Å². The molecular formula is C16H25NO5S. The minimum atomic E-state index is -1.47. The second kappa shape index (κ2) is 8.17. The van der Waals surface area contributed by atoms with E-state index in [0.717, 1.165) is 36.6 Å². The summed E-state index contributed by atoms with van der Waals surface area (Å²) in [5.74, 6) is -1.40. The van der Waals surface area contributed by atoms with Crippen molar-refractivity contribution in [2.45, 2.75) is 63.9 Å². The first-order valence-corrected chi connectivity index (χ1v) is 9.09. The molecule has 2 heterocycles. The minimum absolute atomic E-state index is 0.166. The number of hydrogen-bond donors (Lipinski definition) is 2. The minimum Gasteiger partial charge on any atom is -0.459 e. The van der Waals surface area contributed by atoms with Gasteiger partial charge in [-0.15, -0.1) is 0 Å². The quantitative estimate of drug-likeness (QED) is 0.569. The molecule has 0 radical (unpaired) electrons. The summed E-state index contributed by atoms with van der Waals surface area (Å²) in [6.07, 6.45) is 4.85. The van der Waals surface area contributed by atoms with Gasteiger partial charge in [0.15, 0.2) is 5.79 Å². The van der Waals surface area contributed by atoms with E-state index in [-0.39, 0.29) is 17.6 Å². The van der Waals surface area contributed by atoms with Crippen molar-refractivity contribution in [2.75, 3.05) is 12.4 Å². The molecular weight excluding hydrogens is 318 g/mol. The largest absolute Gasteiger partial charge is 0.459 e. The Morgan fingerprint density at radius 2 is 2.39 bits per heavy atom. The number of aliphatic hydroxyl groups is 1. The first-order chi connectivity index (χ1) is 10.9. The fourth-order valence-electron chi connectivity index (χ4n) is 2.75. The van der Waals surface area contributed by atoms with Crippen molar-refractivity contribution in [3.05, 3.63) is 11.6 Å². The summed E-state index contributed by atoms with van der Waals surface area (Å²) in [4.78, 5) is 23.3. The molecule has 2 N–H and O–H groups in total. The van der Waals surface area contributed by atoms with Gasteiger partial charge in [-0.25, -0.2) is 4.79 Å². The highest BCUT2D eigenvalue weighted by Crippen LogP contribution is 2.32. The van der Waals surface area contributed by atoms with E-state index < -0.39 is 17.9 Å². The summed E-state index contributed by atoms with van der Waals surface area (Å²) < 4.78 is 10.9. The molecule has 0 saturated carbocycles. The molecule has 1 amide bonds. The number of carbonyl (C=O) groups is 2. The summed E-state index contributed by atoms with van der Waals surface area (Å²) in [6, 6.07) is -0.469. The molecule has 2 aliphatic rings. The summed E-state index contributed by atoms with van der Waals surface area (Å²) >= 11 is 1.12. The lowest BCUT2D eigenvalue weighted by Crippen LogP contribution is -2.56. The molecule has 6 nitrogen and oxygen atoms in total. The van der Waals surface area contributed by atoms with Gasteiger partial charge in [0.05, 0.1) is 12.6 Å². The maximum absolute atomic E-state index is 12.0. The van der Waals surface area contributed by atoms with Gasteiger partial charge in [0.2, 0.25) is 0 Å². The number of carbonyl (C=O) groups excluding carboxylic acids is 2. The average molecular weight is 343 g/mol. The van der Waals surface area contributed by atoms with Gasteiger partial charge < -0.3 is 19.9 Å². The van der Waals surface area contributed by atoms with Gasteiger partial charge in [-0.05, 0) is 19.8 Å². The lowest BCUT2D eigenvalue weighted by atomic mass is 9.96. The molecule has 2 saturated heterocycles. The predicted molar refractivity (Wildman–Crippen MR) is 88.1 cm³/mol. The average Bonchev–Trinajstić information content (AvgIpc) is 2.92. The molecule has 3 unspecified atom stereocenters. The van der Waals surface area contributed by atoms with Crippen LogP contribution in [0.15, 0.2) is 11.6 Å². The van der Waals surface area contributed by atoms with E-state index in [4.69, 9.17) is 9.47 Å². The molecule has 2 aliphatic heterocycles. The topological polar surface area (TPSA) is 84.9 Å². The zero-order valence-electron chi connectivity index (χ0n) is 13.7. The first-order valence-electron chi connectivity index (χ1n) is 8.10. The van der Waals surface area contributed by atoms with Crippen LogP contribution < -0.4 is 5.32 Å². The Labute approximate surface area is 141 Å². The number of nitrogens with one attached hydrogen (secondary N) is 1. The summed E-state index contributed by atoms with van der Waals surface area (Å²) in [5.41, 5.74) is 0.999. The molecule has 0 aliphatic carbocycles. The van der Waals surface area contributed by atoms with Crippen LogP contribution in [0.5, 0.6) is 0 Å². The van der Waals surface area contributed by atoms with Gasteiger partial charge in [0.1, 0.15) is 6.10 Å². The van der Waals surface area contributed by atoms with Crippen LogP contribution in [0.3, 0.4) is 0 Å². The Balaban J connectivity index is 1.88. The molecule has 23 heavy (non-hydrogen) atoms. The highest BCUT2D eigenvalue weighted by molar-refractivity contribution is 8.14. The molecule has 0 spiro atoms. The second-order valence-electron chi connectivity index (χ2n) is 6.13. The van der Waals surface area contributed by atoms with E-state index in [9.17, 15) is 14.7 Å². The number of esters is 1. The third kappa shape index (κ3) is 5.22. The second-order valence-corrected chi connectivity index (χ2v) is 7.13. The van der Waals surface area contributed by atoms with Gasteiger partial charge in [0.25, 0.3) is 5.24 Å². The Hall–Kier alpha value is -1.05. The van der Waals surface area contributed by atoms with Crippen molar-refractivity contribution in [2.24, 2.45) is 0 Å². The fourth-order valence-corrected chi connectivity index (χ4v) is 3.64. The van der Waals surface area contributed by atoms with Crippen LogP contribution in [0.2, 0.25) is 0 Å². The van der Waals surface area contributed by atoms with Crippen molar-refractivity contribution in [3.63, 3.8) is 0 Å². The standard InChI is InChI=1S/C16H25NO5S/c1-3-4-5-11(2)8-14(18)22-12-6-7-21-16(20,9-12)13-10-23-15(19)17-13/h8,12-13,20H,3-7,9-10H2,1-2H3,(H,17,19)/b11-8-. The number of hydrogen-bond acceptors (Lipinski definition) is 6. The zero-order chi connectivity index (χ0) is 16.9. The van der Waals surface area contributed by atoms with Crippen LogP contribution in [0, 0.1) is 0 Å². The molecule has 7 heteroatoms. The van der Waals surface area contributed by atoms with Crippen molar-refractivity contribution in [3.8, 4) is 0 Å². The zero-order valence-corrected chi connectivity index (χ0v) is 14.5. The van der Waals surface area contributed by atoms with Crippen LogP contribution in [0.1, 0.15) is 46.0 Å². The molecule has 2 rings (SSSR count). The SMILES string of the molecule is CCCC/C(C)=C\C(=O)OC1CCOC(O)(C2CSC(=O)N2)C1. The predicted octanol–water partition coefficient (Wildman–Crippen LogP) is 2.36. The monoisotopic (exact) mass is 343 g/mol. The van der Waals surface area contributed by atoms with Crippen molar-refractivity contribution in [1.82, 2.24) is 5.32 Å². The van der Waals surface area contributed by atoms with Gasteiger partial charge in [0, 0.05) is 24.7 Å². The number of thioether (sulfide) groups is 1. The number of allylic oxidation sites excluding steroid dienone is 1. The molecule has 0 bridgehead atoms. The molecule has 3 atom stereocenters. The van der Waals surface area contributed by atoms with E-state index in [2.05, 4.69) is 12.2 Å². The van der Waals surface area contributed by atoms with Crippen molar-refractivity contribution >= 4 is 23.0 Å². The van der Waals surface area contributed by atoms with E-state index in [1.807, 2.05) is 6.92 Å². The van der Waals surface area contributed by atoms with Crippen LogP contribution in [0.25, 0.3) is 0 Å². The third-order valence-electron chi connectivity index (χ3n) is 4.10. The number of ether oxygens (including phenoxy) is 2. The Morgan fingerprint density at radius 1 is 1.61 bits per heavy atom. The summed E-state index contributed by atoms with van der Waals surface area (Å²) in [5, 5.41) is 13.1. The van der Waals surface area contributed by atoms with E-state index in [1.165, 1.54) is 6.08 Å². The lowest BCUT2D eigenvalue weighted by Gasteiger charge is -2.39. The van der Waals surface area contributed by atoms with Gasteiger partial charge in [-0.2, -0.15) is 0 Å². The number of rotatable bonds is 6. The van der Waals surface area contributed by atoms with Crippen LogP contribution in [0.4, 0.5) is 4.79 Å². The summed E-state index contributed by atoms with van der Waals surface area (Å²) in [7, 11) is 0. The Kier molecular flexibility index (Phi) is 6.50. The smallest absolute Gasteiger partial charge is 0.330 e. The number of unbranched alkanes of at least 4 members (excludes halogenated alkanes) is 1. The molecule has 130 valence electrons. The maximum Gasteiger partial charge on any atom is 0.330 e. The van der Waals surface area contributed by atoms with Gasteiger partial charge >= 0.3 is 5.97 Å². The molecule has 0 aromatic carbocycles. The lowest BCUT2D eigenvalue weighted by molar-refractivity contribution is -0.256. The van der Waals surface area contributed by atoms with Crippen LogP contribution in [-0.2, 0) is 14.3 Å². The normalized spacial score (nSPS) is 31.8. The molecule has 0 aromatic heterocycles. The van der Waals surface area contributed by atoms with E-state index in [1.54, 1.807) is 0 Å². The summed E-state index contributed by atoms with van der Waals surface area (Å²) in [6.45, 7) is 4.32. The van der Waals surface area contributed by atoms with Crippen LogP contribution >= 0.6 is 11.8 Å². The highest BCUT2D eigenvalue weighted by atomic mass is 32.2. The third-order valence-corrected chi connectivity index (χ3v) is 4.98. The van der Waals surface area contributed by atoms with Gasteiger partial charge in [-0.1, -0.05) is 30.7 Å². The maximum atomic E-state index is 12.0. The molecule has 2 fully saturated rings. The number of amides is 1. The van der Waals surface area contributed by atoms with Crippen molar-refractivity contribution < 1.29 is 24.2 Å². The van der Waals surface area contributed by atoms with Crippen LogP contribution in [-0.4, -0.2) is 46.6 Å². The Bertz CT molecular complexity index is 481. The fraction of sp³-hybridized carbons (Fsp3) is 0.750. The van der Waals surface area contributed by atoms with Gasteiger partial charge in [-0.3, -0.25) is 4.79 Å². The molecule has 0 aromatic rings. The first kappa shape index (κ1) is 18.3.